The second-order valence-corrected chi connectivity index (χ2v) is 6.02. The van der Waals surface area contributed by atoms with Gasteiger partial charge in [-0.2, -0.15) is 0 Å². The molecule has 1 aliphatic carbocycles. The van der Waals surface area contributed by atoms with Crippen LogP contribution in [-0.4, -0.2) is 6.35 Å². The van der Waals surface area contributed by atoms with Crippen molar-refractivity contribution in [3.05, 3.63) is 66.0 Å². The molecule has 1 aliphatic rings. The van der Waals surface area contributed by atoms with Crippen LogP contribution >= 0.6 is 0 Å². The minimum Gasteiger partial charge on any atom is -0.718 e. The van der Waals surface area contributed by atoms with Gasteiger partial charge in [-0.3, -0.25) is 0 Å². The molecule has 0 heterocycles. The summed E-state index contributed by atoms with van der Waals surface area (Å²) in [6, 6.07) is 8.49. The summed E-state index contributed by atoms with van der Waals surface area (Å²) in [5.41, 5.74) is 3.79. The summed E-state index contributed by atoms with van der Waals surface area (Å²) in [4.78, 5) is 0. The van der Waals surface area contributed by atoms with E-state index in [1.54, 1.807) is 0 Å². The summed E-state index contributed by atoms with van der Waals surface area (Å²) in [7, 11) is 0. The Morgan fingerprint density at radius 1 is 1.09 bits per heavy atom. The minimum absolute atomic E-state index is 0. The van der Waals surface area contributed by atoms with E-state index >= 15 is 0 Å². The van der Waals surface area contributed by atoms with E-state index in [0.29, 0.717) is 0 Å². The van der Waals surface area contributed by atoms with Gasteiger partial charge < -0.3 is 4.65 Å². The van der Waals surface area contributed by atoms with Gasteiger partial charge in [0.1, 0.15) is 0 Å². The maximum atomic E-state index is 6.27. The maximum Gasteiger partial charge on any atom is 1.00 e. The summed E-state index contributed by atoms with van der Waals surface area (Å²) >= 11 is 0. The van der Waals surface area contributed by atoms with Crippen LogP contribution in [0.2, 0.25) is 19.0 Å². The van der Waals surface area contributed by atoms with Gasteiger partial charge in [-0.1, -0.05) is 63.3 Å². The number of hydrogen-bond donors (Lipinski definition) is 0. The van der Waals surface area contributed by atoms with Crippen LogP contribution in [0.3, 0.4) is 0 Å². The molecule has 0 aromatic heterocycles. The normalized spacial score (nSPS) is 18.5. The van der Waals surface area contributed by atoms with Crippen LogP contribution in [0.5, 0.6) is 0 Å². The Hall–Kier alpha value is -1.10. The molecule has 0 spiro atoms. The fourth-order valence-electron chi connectivity index (χ4n) is 3.17. The average Bonchev–Trinajstić information content (AvgIpc) is 2.56. The fourth-order valence-corrected chi connectivity index (χ4v) is 3.17. The molecule has 2 rings (SSSR count). The third kappa shape index (κ3) is 3.80. The van der Waals surface area contributed by atoms with Crippen molar-refractivity contribution in [1.82, 2.24) is 0 Å². The molecule has 112 valence electrons. The molecule has 0 bridgehead atoms. The van der Waals surface area contributed by atoms with E-state index < -0.39 is 6.35 Å². The first-order valence-corrected chi connectivity index (χ1v) is 8.16. The van der Waals surface area contributed by atoms with E-state index in [-0.39, 0.29) is 24.8 Å². The molecule has 0 amide bonds. The van der Waals surface area contributed by atoms with E-state index in [1.807, 2.05) is 12.3 Å². The number of hydrogen-bond acceptors (Lipinski definition) is 1. The van der Waals surface area contributed by atoms with Gasteiger partial charge in [0.05, 0.1) is 0 Å². The first-order chi connectivity index (χ1) is 10.2. The van der Waals surface area contributed by atoms with Crippen LogP contribution in [0.1, 0.15) is 37.8 Å². The van der Waals surface area contributed by atoms with E-state index in [9.17, 15) is 0 Å². The van der Waals surface area contributed by atoms with Gasteiger partial charge in [0, 0.05) is 12.2 Å². The number of benzene rings is 1. The van der Waals surface area contributed by atoms with E-state index in [0.717, 1.165) is 19.0 Å². The van der Waals surface area contributed by atoms with Gasteiger partial charge in [0.15, 0.2) is 6.35 Å². The summed E-state index contributed by atoms with van der Waals surface area (Å²) in [5.74, 6) is 0.227. The number of fused-ring (bicyclic) bond motifs is 1. The Kier molecular flexibility index (Phi) is 7.33. The van der Waals surface area contributed by atoms with Crippen molar-refractivity contribution in [2.75, 3.05) is 0 Å². The van der Waals surface area contributed by atoms with Crippen molar-refractivity contribution in [3.63, 3.8) is 0 Å². The second-order valence-electron chi connectivity index (χ2n) is 6.02. The SMILES string of the molecule is C=C[C@H]1/C(=C\O[B-](CC)(CC)CC)C=Cc2ccccc21.[Li+]. The van der Waals surface area contributed by atoms with Crippen molar-refractivity contribution < 1.29 is 23.5 Å². The molecule has 0 unspecified atom stereocenters. The van der Waals surface area contributed by atoms with E-state index in [4.69, 9.17) is 4.65 Å². The molecule has 0 fully saturated rings. The largest absolute Gasteiger partial charge is 1.00 e. The summed E-state index contributed by atoms with van der Waals surface area (Å²) in [6.45, 7) is 10.7. The summed E-state index contributed by atoms with van der Waals surface area (Å²) in [5, 5.41) is 0. The predicted octanol–water partition coefficient (Wildman–Crippen LogP) is 2.89. The number of rotatable bonds is 6. The van der Waals surface area contributed by atoms with E-state index in [1.165, 1.54) is 16.7 Å². The summed E-state index contributed by atoms with van der Waals surface area (Å²) in [6.07, 6.45) is 10.9. The second kappa shape index (κ2) is 8.51. The zero-order valence-electron chi connectivity index (χ0n) is 14.5. The molecule has 0 aliphatic heterocycles. The van der Waals surface area contributed by atoms with Crippen LogP contribution in [-0.2, 0) is 4.65 Å². The van der Waals surface area contributed by atoms with Gasteiger partial charge in [0.25, 0.3) is 0 Å². The molecular weight excluding hydrogens is 262 g/mol. The van der Waals surface area contributed by atoms with Gasteiger partial charge >= 0.3 is 18.9 Å². The first kappa shape index (κ1) is 19.0. The van der Waals surface area contributed by atoms with Gasteiger partial charge in [0.2, 0.25) is 0 Å². The van der Waals surface area contributed by atoms with Gasteiger partial charge in [-0.05, 0) is 16.7 Å². The van der Waals surface area contributed by atoms with Crippen molar-refractivity contribution in [1.29, 1.82) is 0 Å². The van der Waals surface area contributed by atoms with Crippen LogP contribution < -0.4 is 18.9 Å². The van der Waals surface area contributed by atoms with Crippen molar-refractivity contribution in [3.8, 4) is 0 Å². The van der Waals surface area contributed by atoms with E-state index in [2.05, 4.69) is 63.8 Å². The fraction of sp³-hybridized carbons (Fsp3) is 0.368. The Balaban J connectivity index is 0.00000242. The molecule has 1 atom stereocenters. The molecule has 0 radical (unpaired) electrons. The summed E-state index contributed by atoms with van der Waals surface area (Å²) < 4.78 is 6.27. The van der Waals surface area contributed by atoms with Gasteiger partial charge in [-0.25, -0.2) is 0 Å². The van der Waals surface area contributed by atoms with Crippen molar-refractivity contribution in [2.24, 2.45) is 0 Å². The maximum absolute atomic E-state index is 6.27. The zero-order valence-corrected chi connectivity index (χ0v) is 14.5. The molecule has 22 heavy (non-hydrogen) atoms. The quantitative estimate of drug-likeness (QED) is 0.444. The zero-order chi connectivity index (χ0) is 15.3. The predicted molar refractivity (Wildman–Crippen MR) is 94.8 cm³/mol. The van der Waals surface area contributed by atoms with Crippen LogP contribution in [0, 0.1) is 0 Å². The average molecular weight is 288 g/mol. The molecule has 0 saturated carbocycles. The first-order valence-electron chi connectivity index (χ1n) is 8.16. The van der Waals surface area contributed by atoms with Crippen LogP contribution in [0.4, 0.5) is 0 Å². The van der Waals surface area contributed by atoms with Crippen LogP contribution in [0.15, 0.2) is 54.8 Å². The van der Waals surface area contributed by atoms with Crippen molar-refractivity contribution >= 4 is 12.4 Å². The number of allylic oxidation sites excluding steroid dienone is 3. The Bertz CT molecular complexity index is 550. The minimum atomic E-state index is -0.732. The van der Waals surface area contributed by atoms with Crippen molar-refractivity contribution in [2.45, 2.75) is 45.6 Å². The topological polar surface area (TPSA) is 9.23 Å². The molecular formula is C19H26BLiO. The standard InChI is InChI=1S/C19H26BO.Li/c1-5-18-17(15-21-20(6-2,7-3)8-4)14-13-16-11-9-10-12-19(16)18;/h5,9-15,18H,1,6-8H2,2-4H3;/q-1;+1/b17-15-;/t18-;/m0./s1. The Labute approximate surface area is 147 Å². The van der Waals surface area contributed by atoms with Gasteiger partial charge in [-0.15, -0.1) is 25.5 Å². The third-order valence-corrected chi connectivity index (χ3v) is 5.11. The monoisotopic (exact) mass is 288 g/mol. The Morgan fingerprint density at radius 2 is 1.73 bits per heavy atom. The molecule has 1 aromatic rings. The Morgan fingerprint density at radius 3 is 2.32 bits per heavy atom. The molecule has 0 saturated heterocycles. The molecule has 3 heteroatoms. The molecule has 1 aromatic carbocycles. The molecule has 1 nitrogen and oxygen atoms in total. The molecule has 0 N–H and O–H groups in total. The smallest absolute Gasteiger partial charge is 0.718 e. The third-order valence-electron chi connectivity index (χ3n) is 5.11. The van der Waals surface area contributed by atoms with Crippen LogP contribution in [0.25, 0.3) is 6.08 Å².